The number of hydrogen-bond acceptors (Lipinski definition) is 2. The first-order valence-electron chi connectivity index (χ1n) is 41.9. The summed E-state index contributed by atoms with van der Waals surface area (Å²) in [5, 5.41) is -2.26. The van der Waals surface area contributed by atoms with E-state index in [-0.39, 0.29) is 50.7 Å². The molecule has 0 atom stereocenters. The highest BCUT2D eigenvalue weighted by atomic mass is 28.3. The average molecular weight is 1090 g/mol. The normalized spacial score (nSPS) is 18.1. The lowest BCUT2D eigenvalue weighted by molar-refractivity contribution is -0.570. The van der Waals surface area contributed by atoms with Crippen LogP contribution in [-0.2, 0) is 0 Å². The molecule has 0 aliphatic carbocycles. The highest BCUT2D eigenvalue weighted by molar-refractivity contribution is 7.20. The minimum atomic E-state index is -6.32. The molecular formula is C75H56N4OSi. The zero-order valence-electron chi connectivity index (χ0n) is 75.9. The van der Waals surface area contributed by atoms with Gasteiger partial charge in [-0.3, -0.25) is 13.7 Å². The zero-order valence-corrected chi connectivity index (χ0v) is 42.9. The van der Waals surface area contributed by atoms with Gasteiger partial charge in [-0.1, -0.05) is 224 Å². The van der Waals surface area contributed by atoms with Crippen LogP contribution in [0.1, 0.15) is 63.3 Å². The van der Waals surface area contributed by atoms with Gasteiger partial charge in [0, 0.05) is 40.9 Å². The standard InChI is InChI=1S/C75H56N4OSi/c1-52-24-21-25-53(2)74(52)57-42-45-69-71(47-57)77(51-78(69)75-64(55-26-9-4-10-27-55)39-23-41-72(75)81(61-32-13-6-14-33-61,62-34-15-7-16-35-62)63-36-17-8-18-37-63)58-30-22-31-59(48-58)80-60-43-44-66-65-38-19-20-40-68(65)79(70(66)49-60)73-46-54(3)67(50-76-73)56-28-11-5-12-29-56/h4-50H,1-3H3/i1D3,2D3,3D3,4D,5D,6D,7D,8D,9D,10D,11D,12D,13D,14D,15D,16D,17D,18D,26D,27D,28D,29D,32D,33D,34D,35D,36D,37D. The lowest BCUT2D eigenvalue weighted by Crippen LogP contribution is -2.76. The van der Waals surface area contributed by atoms with E-state index in [0.717, 1.165) is 16.8 Å². The van der Waals surface area contributed by atoms with Crippen molar-refractivity contribution in [3.8, 4) is 62.1 Å². The second-order valence-electron chi connectivity index (χ2n) is 18.4. The monoisotopic (exact) mass is 1090 g/mol. The Morgan fingerprint density at radius 1 is 0.481 bits per heavy atom. The fraction of sp³-hybridized carbons (Fsp3) is 0.0400. The van der Waals surface area contributed by atoms with Gasteiger partial charge in [-0.2, -0.15) is 0 Å². The molecule has 0 saturated heterocycles. The quantitative estimate of drug-likeness (QED) is 0.0529. The van der Waals surface area contributed by atoms with Crippen molar-refractivity contribution in [3.05, 3.63) is 308 Å². The van der Waals surface area contributed by atoms with Gasteiger partial charge in [0.2, 0.25) is 0 Å². The molecule has 0 spiro atoms. The summed E-state index contributed by atoms with van der Waals surface area (Å²) in [6.45, 7) is -8.98. The number of nitrogens with zero attached hydrogens (tertiary/aromatic N) is 4. The average Bonchev–Trinajstić information content (AvgIpc) is 1.28. The second-order valence-corrected chi connectivity index (χ2v) is 21.9. The van der Waals surface area contributed by atoms with Crippen LogP contribution < -0.4 is 30.1 Å². The maximum Gasteiger partial charge on any atom is 0.269 e. The van der Waals surface area contributed by atoms with E-state index in [4.69, 9.17) is 32.2 Å². The molecule has 3 heterocycles. The molecule has 5 nitrogen and oxygen atoms in total. The van der Waals surface area contributed by atoms with Crippen molar-refractivity contribution in [1.29, 1.82) is 0 Å². The van der Waals surface area contributed by atoms with E-state index >= 15 is 0 Å². The number of rotatable bonds is 12. The molecule has 6 heteroatoms. The molecule has 0 aliphatic rings. The van der Waals surface area contributed by atoms with E-state index in [0.29, 0.717) is 21.8 Å². The Morgan fingerprint density at radius 2 is 1.07 bits per heavy atom. The molecule has 0 fully saturated rings. The van der Waals surface area contributed by atoms with Crippen LogP contribution in [0.5, 0.6) is 11.5 Å². The summed E-state index contributed by atoms with van der Waals surface area (Å²) in [7, 11) is -6.32. The first kappa shape index (κ1) is 24.9. The molecule has 0 unspecified atom stereocenters. The zero-order chi connectivity index (χ0) is 83.7. The van der Waals surface area contributed by atoms with Gasteiger partial charge in [0.25, 0.3) is 6.33 Å². The summed E-state index contributed by atoms with van der Waals surface area (Å²) >= 11 is 0. The third-order valence-corrected chi connectivity index (χ3v) is 18.1. The molecule has 386 valence electrons. The minimum absolute atomic E-state index is 0.0221. The summed E-state index contributed by atoms with van der Waals surface area (Å²) < 4.78 is 321. The summed E-state index contributed by atoms with van der Waals surface area (Å²) in [5.74, 6) is 0.161. The molecule has 0 radical (unpaired) electrons. The molecule has 81 heavy (non-hydrogen) atoms. The van der Waals surface area contributed by atoms with E-state index < -0.39 is 240 Å². The summed E-state index contributed by atoms with van der Waals surface area (Å²) in [6.07, 6.45) is 4.39. The largest absolute Gasteiger partial charge is 0.458 e. The number of hydrogen-bond donors (Lipinski definition) is 0. The number of aryl methyl sites for hydroxylation is 3. The van der Waals surface area contributed by atoms with Gasteiger partial charge in [0.15, 0.2) is 8.07 Å². The summed E-state index contributed by atoms with van der Waals surface area (Å²) in [5.41, 5.74) is -3.29. The SMILES string of the molecule is [2H]c1c([2H])c([2H])c(-c2cnc(-n3c4ccccc4c4ccc(Oc5cccc(-n6[c-][n+](-c7c(-c8c([2H])c([2H])c([2H])c([2H])c8[2H])cccc7[Si](c7c([2H])c([2H])c([2H])c([2H])c7[2H])(c7c([2H])c([2H])c([2H])c([2H])c7[2H])c7c([2H])c([2H])c([2H])c([2H])c7[2H])c7ccc(-c8c(C([2H])([2H])[2H])cccc8C([2H])([2H])[2H])cc76)c5)cc43)cc2C([2H])([2H])[2H])c([2H])c1[2H]. The number of ether oxygens (including phenoxy) is 1. The van der Waals surface area contributed by atoms with Crippen molar-refractivity contribution >= 4 is 61.7 Å². The molecule has 14 rings (SSSR count). The van der Waals surface area contributed by atoms with Crippen LogP contribution in [0.2, 0.25) is 0 Å². The number of benzene rings is 11. The number of para-hydroxylation sites is 2. The summed E-state index contributed by atoms with van der Waals surface area (Å²) in [4.78, 5) is 4.68. The molecule has 0 saturated carbocycles. The van der Waals surface area contributed by atoms with Crippen molar-refractivity contribution < 1.29 is 55.9 Å². The third kappa shape index (κ3) is 8.56. The maximum atomic E-state index is 10.0. The predicted octanol–water partition coefficient (Wildman–Crippen LogP) is 15.3. The van der Waals surface area contributed by atoms with Crippen molar-refractivity contribution in [2.75, 3.05) is 0 Å². The summed E-state index contributed by atoms with van der Waals surface area (Å²) in [6, 6.07) is 5.59. The number of aromatic nitrogens is 4. The van der Waals surface area contributed by atoms with E-state index in [1.54, 1.807) is 47.0 Å². The molecular weight excluding hydrogens is 1000 g/mol. The predicted molar refractivity (Wildman–Crippen MR) is 336 cm³/mol. The van der Waals surface area contributed by atoms with Gasteiger partial charge in [-0.05, 0) is 134 Å². The van der Waals surface area contributed by atoms with Crippen LogP contribution in [0.3, 0.4) is 0 Å². The Morgan fingerprint density at radius 3 is 1.74 bits per heavy atom. The van der Waals surface area contributed by atoms with Crippen LogP contribution >= 0.6 is 0 Å². The van der Waals surface area contributed by atoms with Gasteiger partial charge in [-0.15, -0.1) is 0 Å². The molecule has 0 bridgehead atoms. The first-order chi connectivity index (χ1) is 53.9. The van der Waals surface area contributed by atoms with Crippen molar-refractivity contribution in [1.82, 2.24) is 14.1 Å². The second kappa shape index (κ2) is 20.6. The Labute approximate surface area is 521 Å². The molecule has 0 N–H and O–H groups in total. The maximum absolute atomic E-state index is 10.0. The molecule has 0 aliphatic heterocycles. The van der Waals surface area contributed by atoms with E-state index in [9.17, 15) is 19.2 Å². The molecule has 11 aromatic carbocycles. The Kier molecular flexibility index (Phi) is 6.33. The number of imidazole rings is 1. The number of fused-ring (bicyclic) bond motifs is 4. The number of pyridine rings is 1. The van der Waals surface area contributed by atoms with Crippen LogP contribution in [0, 0.1) is 26.9 Å². The van der Waals surface area contributed by atoms with Gasteiger partial charge < -0.3 is 4.74 Å². The lowest BCUT2D eigenvalue weighted by Gasteiger charge is -2.36. The highest BCUT2D eigenvalue weighted by Crippen LogP contribution is 2.38. The van der Waals surface area contributed by atoms with Crippen LogP contribution in [0.25, 0.3) is 83.4 Å². The smallest absolute Gasteiger partial charge is 0.269 e. The first-order valence-corrected chi connectivity index (χ1v) is 26.9. The van der Waals surface area contributed by atoms with E-state index in [2.05, 4.69) is 11.3 Å². The fourth-order valence-electron chi connectivity index (χ4n) is 10.5. The minimum Gasteiger partial charge on any atom is -0.458 e. The molecule has 0 amide bonds. The van der Waals surface area contributed by atoms with Crippen molar-refractivity contribution in [3.63, 3.8) is 0 Å². The Hall–Kier alpha value is -10.1. The highest BCUT2D eigenvalue weighted by Gasteiger charge is 2.44. The Bertz CT molecular complexity index is 6220. The van der Waals surface area contributed by atoms with Gasteiger partial charge >= 0.3 is 0 Å². The van der Waals surface area contributed by atoms with Gasteiger partial charge in [-0.25, -0.2) is 4.98 Å². The van der Waals surface area contributed by atoms with Crippen LogP contribution in [0.4, 0.5) is 0 Å². The van der Waals surface area contributed by atoms with E-state index in [1.165, 1.54) is 83.4 Å². The third-order valence-electron chi connectivity index (χ3n) is 13.9. The topological polar surface area (TPSA) is 35.9 Å². The van der Waals surface area contributed by atoms with Crippen LogP contribution in [0.15, 0.2) is 285 Å². The van der Waals surface area contributed by atoms with Gasteiger partial charge in [0.1, 0.15) is 17.3 Å². The van der Waals surface area contributed by atoms with Crippen molar-refractivity contribution in [2.45, 2.75) is 20.6 Å². The Balaban J connectivity index is 1.11. The molecule has 14 aromatic rings. The lowest BCUT2D eigenvalue weighted by atomic mass is 9.95. The van der Waals surface area contributed by atoms with Gasteiger partial charge in [0.05, 0.1) is 67.7 Å². The van der Waals surface area contributed by atoms with E-state index in [1.807, 2.05) is 0 Å². The molecule has 3 aromatic heterocycles. The fourth-order valence-corrected chi connectivity index (χ4v) is 14.5. The van der Waals surface area contributed by atoms with Crippen molar-refractivity contribution in [2.24, 2.45) is 0 Å². The van der Waals surface area contributed by atoms with Crippen LogP contribution in [-0.4, -0.2) is 22.2 Å².